The van der Waals surface area contributed by atoms with Crippen LogP contribution in [0.15, 0.2) is 0 Å². The average Bonchev–Trinajstić information content (AvgIpc) is 2.25. The van der Waals surface area contributed by atoms with Gasteiger partial charge in [-0.1, -0.05) is 26.2 Å². The second kappa shape index (κ2) is 7.45. The number of nitro groups is 1. The Bertz CT molecular complexity index is 343. The highest BCUT2D eigenvalue weighted by molar-refractivity contribution is 7.57. The van der Waals surface area contributed by atoms with Gasteiger partial charge in [-0.15, -0.1) is 0 Å². The van der Waals surface area contributed by atoms with Gasteiger partial charge in [0.15, 0.2) is 0 Å². The van der Waals surface area contributed by atoms with Crippen molar-refractivity contribution in [1.29, 1.82) is 0 Å². The van der Waals surface area contributed by atoms with Gasteiger partial charge in [0.05, 0.1) is 0 Å². The lowest BCUT2D eigenvalue weighted by molar-refractivity contribution is -0.509. The van der Waals surface area contributed by atoms with Crippen molar-refractivity contribution in [2.45, 2.75) is 45.1 Å². The SMILES string of the molecule is CCCCCCC(C(=O)N(C)P(N)(N)=O)[N+](=O)[O-]. The van der Waals surface area contributed by atoms with E-state index in [1.165, 1.54) is 0 Å². The number of nitrogens with zero attached hydrogens (tertiary/aromatic N) is 2. The summed E-state index contributed by atoms with van der Waals surface area (Å²) in [5.41, 5.74) is 10.2. The number of hydrogen-bond donors (Lipinski definition) is 2. The van der Waals surface area contributed by atoms with Gasteiger partial charge in [0.1, 0.15) is 0 Å². The van der Waals surface area contributed by atoms with E-state index in [1.54, 1.807) is 0 Å². The number of rotatable bonds is 8. The lowest BCUT2D eigenvalue weighted by Crippen LogP contribution is -2.42. The molecule has 0 fully saturated rings. The molecule has 0 aromatic heterocycles. The summed E-state index contributed by atoms with van der Waals surface area (Å²) >= 11 is 0. The Morgan fingerprint density at radius 3 is 2.33 bits per heavy atom. The number of unbranched alkanes of at least 4 members (excludes halogenated alkanes) is 3. The molecule has 0 saturated heterocycles. The maximum Gasteiger partial charge on any atom is 0.304 e. The van der Waals surface area contributed by atoms with Crippen molar-refractivity contribution < 1.29 is 14.3 Å². The lowest BCUT2D eigenvalue weighted by Gasteiger charge is -2.22. The molecule has 1 amide bonds. The predicted molar refractivity (Wildman–Crippen MR) is 68.3 cm³/mol. The molecule has 18 heavy (non-hydrogen) atoms. The summed E-state index contributed by atoms with van der Waals surface area (Å²) in [6.07, 6.45) is 3.45. The van der Waals surface area contributed by atoms with Crippen molar-refractivity contribution in [3.8, 4) is 0 Å². The number of carbonyl (C=O) groups is 1. The van der Waals surface area contributed by atoms with Crippen molar-refractivity contribution in [3.63, 3.8) is 0 Å². The van der Waals surface area contributed by atoms with E-state index in [0.717, 1.165) is 26.3 Å². The molecule has 0 aromatic carbocycles. The summed E-state index contributed by atoms with van der Waals surface area (Å²) in [4.78, 5) is 21.9. The fourth-order valence-electron chi connectivity index (χ4n) is 1.45. The minimum Gasteiger partial charge on any atom is -0.267 e. The second-order valence-corrected chi connectivity index (χ2v) is 6.13. The Hall–Kier alpha value is -0.980. The van der Waals surface area contributed by atoms with Crippen LogP contribution >= 0.6 is 7.59 Å². The van der Waals surface area contributed by atoms with Crippen molar-refractivity contribution in [1.82, 2.24) is 4.67 Å². The Kier molecular flexibility index (Phi) is 7.05. The van der Waals surface area contributed by atoms with Gasteiger partial charge < -0.3 is 0 Å². The molecule has 0 aliphatic heterocycles. The zero-order valence-corrected chi connectivity index (χ0v) is 11.6. The van der Waals surface area contributed by atoms with Crippen molar-refractivity contribution in [3.05, 3.63) is 10.1 Å². The third-order valence-electron chi connectivity index (χ3n) is 2.66. The highest BCUT2D eigenvalue weighted by Gasteiger charge is 2.36. The van der Waals surface area contributed by atoms with Crippen LogP contribution in [0.25, 0.3) is 0 Å². The topological polar surface area (TPSA) is 133 Å². The molecule has 0 bridgehead atoms. The molecule has 0 rings (SSSR count). The third-order valence-corrected chi connectivity index (χ3v) is 3.79. The van der Waals surface area contributed by atoms with E-state index in [1.807, 2.05) is 6.92 Å². The van der Waals surface area contributed by atoms with E-state index in [2.05, 4.69) is 0 Å². The lowest BCUT2D eigenvalue weighted by atomic mass is 10.1. The largest absolute Gasteiger partial charge is 0.304 e. The molecule has 0 aromatic rings. The molecule has 0 saturated carbocycles. The summed E-state index contributed by atoms with van der Waals surface area (Å²) in [6, 6.07) is -1.42. The van der Waals surface area contributed by atoms with Crippen LogP contribution < -0.4 is 11.0 Å². The van der Waals surface area contributed by atoms with Crippen LogP contribution in [-0.2, 0) is 9.36 Å². The quantitative estimate of drug-likeness (QED) is 0.296. The molecule has 9 heteroatoms. The van der Waals surface area contributed by atoms with Gasteiger partial charge >= 0.3 is 13.5 Å². The molecule has 0 aliphatic rings. The Labute approximate surface area is 106 Å². The molecule has 106 valence electrons. The number of hydrogen-bond acceptors (Lipinski definition) is 4. The van der Waals surface area contributed by atoms with Gasteiger partial charge in [0.25, 0.3) is 6.04 Å². The summed E-state index contributed by atoms with van der Waals surface area (Å²) in [5, 5.41) is 10.8. The summed E-state index contributed by atoms with van der Waals surface area (Å²) < 4.78 is 11.9. The maximum absolute atomic E-state index is 11.7. The van der Waals surface area contributed by atoms with Crippen LogP contribution in [0.2, 0.25) is 0 Å². The summed E-state index contributed by atoms with van der Waals surface area (Å²) in [7, 11) is -2.66. The summed E-state index contributed by atoms with van der Waals surface area (Å²) in [5.74, 6) is -0.898. The van der Waals surface area contributed by atoms with Gasteiger partial charge in [0, 0.05) is 18.4 Å². The number of amides is 1. The summed E-state index contributed by atoms with van der Waals surface area (Å²) in [6.45, 7) is 2.02. The van der Waals surface area contributed by atoms with Crippen molar-refractivity contribution in [2.75, 3.05) is 7.05 Å². The maximum atomic E-state index is 11.7. The van der Waals surface area contributed by atoms with E-state index in [9.17, 15) is 19.5 Å². The molecule has 4 N–H and O–H groups in total. The molecule has 0 spiro atoms. The van der Waals surface area contributed by atoms with Gasteiger partial charge in [-0.25, -0.2) is 0 Å². The number of nitrogens with two attached hydrogens (primary N) is 2. The van der Waals surface area contributed by atoms with E-state index >= 15 is 0 Å². The second-order valence-electron chi connectivity index (χ2n) is 4.18. The van der Waals surface area contributed by atoms with Crippen LogP contribution in [-0.4, -0.2) is 28.6 Å². The van der Waals surface area contributed by atoms with Crippen LogP contribution in [0.1, 0.15) is 39.0 Å². The monoisotopic (exact) mass is 280 g/mol. The van der Waals surface area contributed by atoms with Crippen LogP contribution in [0, 0.1) is 10.1 Å². The Morgan fingerprint density at radius 2 is 1.94 bits per heavy atom. The molecule has 0 aliphatic carbocycles. The first-order valence-electron chi connectivity index (χ1n) is 5.80. The van der Waals surface area contributed by atoms with Crippen molar-refractivity contribution in [2.24, 2.45) is 11.0 Å². The minimum atomic E-state index is -3.77. The van der Waals surface area contributed by atoms with E-state index < -0.39 is 24.5 Å². The molecule has 1 unspecified atom stereocenters. The predicted octanol–water partition coefficient (Wildman–Crippen LogP) is 1.09. The number of likely N-dealkylation sites (N-methyl/N-ethyl adjacent to an activating group) is 1. The first-order chi connectivity index (χ1) is 8.21. The third kappa shape index (κ3) is 5.57. The Morgan fingerprint density at radius 1 is 1.39 bits per heavy atom. The molecular weight excluding hydrogens is 259 g/mol. The Balaban J connectivity index is 4.56. The van der Waals surface area contributed by atoms with Crippen LogP contribution in [0.3, 0.4) is 0 Å². The van der Waals surface area contributed by atoms with Gasteiger partial charge in [-0.05, 0) is 6.42 Å². The molecule has 0 heterocycles. The van der Waals surface area contributed by atoms with E-state index in [4.69, 9.17) is 11.0 Å². The zero-order chi connectivity index (χ0) is 14.3. The van der Waals surface area contributed by atoms with E-state index in [-0.39, 0.29) is 6.42 Å². The first kappa shape index (κ1) is 17.0. The zero-order valence-electron chi connectivity index (χ0n) is 10.7. The van der Waals surface area contributed by atoms with Gasteiger partial charge in [-0.2, -0.15) is 0 Å². The van der Waals surface area contributed by atoms with Gasteiger partial charge in [0.2, 0.25) is 0 Å². The fraction of sp³-hybridized carbons (Fsp3) is 0.889. The standard InChI is InChI=1S/C9H21N4O4P/c1-3-4-5-6-7-8(13(15)16)9(14)12(2)18(10,11)17/h8H,3-7H2,1-2H3,(H4,10,11,17). The highest BCUT2D eigenvalue weighted by atomic mass is 31.2. The molecule has 0 radical (unpaired) electrons. The van der Waals surface area contributed by atoms with Gasteiger partial charge in [-0.3, -0.25) is 35.2 Å². The van der Waals surface area contributed by atoms with E-state index in [0.29, 0.717) is 11.1 Å². The first-order valence-corrected chi connectivity index (χ1v) is 7.60. The fourth-order valence-corrected chi connectivity index (χ4v) is 1.89. The molecular formula is C9H21N4O4P. The highest BCUT2D eigenvalue weighted by Crippen LogP contribution is 2.30. The molecule has 8 nitrogen and oxygen atoms in total. The number of carbonyl (C=O) groups excluding carboxylic acids is 1. The average molecular weight is 280 g/mol. The molecule has 1 atom stereocenters. The van der Waals surface area contributed by atoms with Crippen LogP contribution in [0.4, 0.5) is 0 Å². The minimum absolute atomic E-state index is 0.107. The smallest absolute Gasteiger partial charge is 0.267 e. The normalized spacial score (nSPS) is 13.1. The van der Waals surface area contributed by atoms with Crippen LogP contribution in [0.5, 0.6) is 0 Å². The van der Waals surface area contributed by atoms with Crippen molar-refractivity contribution >= 4 is 13.5 Å².